The van der Waals surface area contributed by atoms with Crippen molar-refractivity contribution in [3.8, 4) is 0 Å². The van der Waals surface area contributed by atoms with Crippen molar-refractivity contribution in [2.24, 2.45) is 0 Å². The van der Waals surface area contributed by atoms with E-state index in [4.69, 9.17) is 0 Å². The number of fused-ring (bicyclic) bond motifs is 3. The normalized spacial score (nSPS) is 18.7. The molecule has 0 saturated carbocycles. The molecule has 168 valence electrons. The van der Waals surface area contributed by atoms with Crippen LogP contribution in [0.3, 0.4) is 0 Å². The Balaban J connectivity index is 1.28. The fraction of sp³-hybridized carbons (Fsp3) is 0.444. The zero-order chi connectivity index (χ0) is 21.9. The number of carbonyl (C=O) groups excluding carboxylic acids is 1. The molecule has 3 aromatic rings. The van der Waals surface area contributed by atoms with Crippen LogP contribution in [0.15, 0.2) is 42.5 Å². The molecule has 5 heteroatoms. The molecular weight excluding hydrogens is 396 g/mol. The van der Waals surface area contributed by atoms with Crippen LogP contribution in [0.25, 0.3) is 10.9 Å². The van der Waals surface area contributed by atoms with Gasteiger partial charge in [-0.15, -0.1) is 0 Å². The van der Waals surface area contributed by atoms with Crippen molar-refractivity contribution in [2.45, 2.75) is 51.6 Å². The maximum Gasteiger partial charge on any atom is 0.251 e. The third-order valence-electron chi connectivity index (χ3n) is 7.05. The molecule has 1 aromatic heterocycles. The molecule has 1 amide bonds. The van der Waals surface area contributed by atoms with Crippen molar-refractivity contribution in [3.63, 3.8) is 0 Å². The Labute approximate surface area is 190 Å². The number of nitrogens with zero attached hydrogens (tertiary/aromatic N) is 1. The second kappa shape index (κ2) is 9.47. The molecule has 3 N–H and O–H groups in total. The van der Waals surface area contributed by atoms with Gasteiger partial charge >= 0.3 is 0 Å². The van der Waals surface area contributed by atoms with Crippen LogP contribution < -0.4 is 10.6 Å². The van der Waals surface area contributed by atoms with Crippen LogP contribution in [-0.4, -0.2) is 42.0 Å². The maximum atomic E-state index is 12.7. The molecule has 1 saturated heterocycles. The third-order valence-corrected chi connectivity index (χ3v) is 7.05. The van der Waals surface area contributed by atoms with E-state index >= 15 is 0 Å². The van der Waals surface area contributed by atoms with Crippen molar-refractivity contribution >= 4 is 16.8 Å². The zero-order valence-electron chi connectivity index (χ0n) is 19.0. The Morgan fingerprint density at radius 1 is 1.09 bits per heavy atom. The first-order valence-electron chi connectivity index (χ1n) is 12.1. The highest BCUT2D eigenvalue weighted by Crippen LogP contribution is 2.35. The molecule has 2 aliphatic rings. The van der Waals surface area contributed by atoms with Gasteiger partial charge in [0.1, 0.15) is 0 Å². The Bertz CT molecular complexity index is 1080. The zero-order valence-corrected chi connectivity index (χ0v) is 19.0. The van der Waals surface area contributed by atoms with Gasteiger partial charge < -0.3 is 20.5 Å². The van der Waals surface area contributed by atoms with E-state index < -0.39 is 0 Å². The van der Waals surface area contributed by atoms with Gasteiger partial charge in [-0.2, -0.15) is 0 Å². The molecule has 1 unspecified atom stereocenters. The summed E-state index contributed by atoms with van der Waals surface area (Å²) >= 11 is 0. The van der Waals surface area contributed by atoms with Crippen molar-refractivity contribution in [2.75, 3.05) is 26.2 Å². The number of rotatable bonds is 7. The lowest BCUT2D eigenvalue weighted by molar-refractivity contribution is 0.0950. The predicted molar refractivity (Wildman–Crippen MR) is 130 cm³/mol. The first-order chi connectivity index (χ1) is 15.7. The standard InChI is InChI=1S/C27H34N4O/c1-19-7-9-20(10-8-19)18-29-25-6-4-5-22-23-17-21(11-12-24(23)30-26(22)25)27(32)28-13-16-31-14-2-3-15-31/h7-12,17,25,29-30H,2-6,13-16,18H2,1H3,(H,28,32). The average molecular weight is 431 g/mol. The third kappa shape index (κ3) is 4.59. The highest BCUT2D eigenvalue weighted by atomic mass is 16.1. The average Bonchev–Trinajstić information content (AvgIpc) is 3.46. The van der Waals surface area contributed by atoms with E-state index in [0.29, 0.717) is 12.6 Å². The lowest BCUT2D eigenvalue weighted by Gasteiger charge is -2.24. The van der Waals surface area contributed by atoms with Crippen molar-refractivity contribution in [3.05, 3.63) is 70.4 Å². The van der Waals surface area contributed by atoms with Gasteiger partial charge in [0.2, 0.25) is 0 Å². The van der Waals surface area contributed by atoms with E-state index in [2.05, 4.69) is 63.8 Å². The van der Waals surface area contributed by atoms with Gasteiger partial charge in [0.25, 0.3) is 5.91 Å². The first kappa shape index (κ1) is 21.2. The predicted octanol–water partition coefficient (Wildman–Crippen LogP) is 4.47. The van der Waals surface area contributed by atoms with Crippen LogP contribution in [0.4, 0.5) is 0 Å². The molecule has 2 aromatic carbocycles. The summed E-state index contributed by atoms with van der Waals surface area (Å²) in [5.41, 5.74) is 7.17. The highest BCUT2D eigenvalue weighted by Gasteiger charge is 2.24. The number of hydrogen-bond acceptors (Lipinski definition) is 3. The fourth-order valence-corrected chi connectivity index (χ4v) is 5.19. The Morgan fingerprint density at radius 2 is 1.91 bits per heavy atom. The quantitative estimate of drug-likeness (QED) is 0.518. The van der Waals surface area contributed by atoms with Crippen molar-refractivity contribution in [1.82, 2.24) is 20.5 Å². The molecular formula is C27H34N4O. The first-order valence-corrected chi connectivity index (χ1v) is 12.1. The Morgan fingerprint density at radius 3 is 2.72 bits per heavy atom. The number of aryl methyl sites for hydroxylation is 2. The monoisotopic (exact) mass is 430 g/mol. The van der Waals surface area contributed by atoms with Gasteiger partial charge in [0.05, 0.1) is 0 Å². The SMILES string of the molecule is Cc1ccc(CNC2CCCc3c2[nH]c2ccc(C(=O)NCCN4CCCC4)cc32)cc1. The summed E-state index contributed by atoms with van der Waals surface area (Å²) in [5, 5.41) is 8.06. The summed E-state index contributed by atoms with van der Waals surface area (Å²) in [5.74, 6) is 0.0332. The largest absolute Gasteiger partial charge is 0.357 e. The van der Waals surface area contributed by atoms with Gasteiger partial charge in [0, 0.05) is 47.8 Å². The molecule has 1 atom stereocenters. The molecule has 0 bridgehead atoms. The second-order valence-corrected chi connectivity index (χ2v) is 9.39. The minimum absolute atomic E-state index is 0.0332. The Kier molecular flexibility index (Phi) is 6.28. The van der Waals surface area contributed by atoms with Crippen LogP contribution in [0.2, 0.25) is 0 Å². The molecule has 0 radical (unpaired) electrons. The smallest absolute Gasteiger partial charge is 0.251 e. The van der Waals surface area contributed by atoms with Gasteiger partial charge in [-0.05, 0) is 81.4 Å². The summed E-state index contributed by atoms with van der Waals surface area (Å²) in [6.45, 7) is 6.98. The minimum Gasteiger partial charge on any atom is -0.357 e. The van der Waals surface area contributed by atoms with Crippen LogP contribution >= 0.6 is 0 Å². The summed E-state index contributed by atoms with van der Waals surface area (Å²) in [4.78, 5) is 18.8. The number of benzene rings is 2. The highest BCUT2D eigenvalue weighted by molar-refractivity contribution is 5.99. The number of H-pyrrole nitrogens is 1. The van der Waals surface area contributed by atoms with Crippen molar-refractivity contribution in [1.29, 1.82) is 0 Å². The molecule has 5 rings (SSSR count). The van der Waals surface area contributed by atoms with E-state index in [0.717, 1.165) is 56.5 Å². The summed E-state index contributed by atoms with van der Waals surface area (Å²) in [6, 6.07) is 15.2. The van der Waals surface area contributed by atoms with Crippen molar-refractivity contribution < 1.29 is 4.79 Å². The van der Waals surface area contributed by atoms with Gasteiger partial charge in [-0.1, -0.05) is 29.8 Å². The van der Waals surface area contributed by atoms with E-state index in [1.54, 1.807) is 0 Å². The summed E-state index contributed by atoms with van der Waals surface area (Å²) < 4.78 is 0. The van der Waals surface area contributed by atoms with Gasteiger partial charge in [-0.3, -0.25) is 4.79 Å². The molecule has 0 spiro atoms. The van der Waals surface area contributed by atoms with Gasteiger partial charge in [0.15, 0.2) is 0 Å². The molecule has 32 heavy (non-hydrogen) atoms. The van der Waals surface area contributed by atoms with E-state index in [1.165, 1.54) is 40.6 Å². The van der Waals surface area contributed by atoms with E-state index in [9.17, 15) is 4.79 Å². The number of aromatic nitrogens is 1. The lowest BCUT2D eigenvalue weighted by Crippen LogP contribution is -2.33. The number of hydrogen-bond donors (Lipinski definition) is 3. The van der Waals surface area contributed by atoms with E-state index in [1.807, 2.05) is 6.07 Å². The maximum absolute atomic E-state index is 12.7. The molecule has 1 fully saturated rings. The molecule has 2 heterocycles. The van der Waals surface area contributed by atoms with Crippen LogP contribution in [0, 0.1) is 6.92 Å². The van der Waals surface area contributed by atoms with Crippen LogP contribution in [0.1, 0.15) is 64.5 Å². The summed E-state index contributed by atoms with van der Waals surface area (Å²) in [6.07, 6.45) is 5.93. The van der Waals surface area contributed by atoms with Gasteiger partial charge in [-0.25, -0.2) is 0 Å². The number of aromatic amines is 1. The topological polar surface area (TPSA) is 60.2 Å². The summed E-state index contributed by atoms with van der Waals surface area (Å²) in [7, 11) is 0. The fourth-order valence-electron chi connectivity index (χ4n) is 5.19. The molecule has 1 aliphatic heterocycles. The second-order valence-electron chi connectivity index (χ2n) is 9.39. The molecule has 5 nitrogen and oxygen atoms in total. The van der Waals surface area contributed by atoms with Crippen LogP contribution in [-0.2, 0) is 13.0 Å². The lowest BCUT2D eigenvalue weighted by atomic mass is 9.91. The number of nitrogens with one attached hydrogen (secondary N) is 3. The van der Waals surface area contributed by atoms with Crippen LogP contribution in [0.5, 0.6) is 0 Å². The van der Waals surface area contributed by atoms with E-state index in [-0.39, 0.29) is 5.91 Å². The Hall–Kier alpha value is -2.63. The number of amides is 1. The minimum atomic E-state index is 0.0332. The molecule has 1 aliphatic carbocycles. The number of likely N-dealkylation sites (tertiary alicyclic amines) is 1. The number of carbonyl (C=O) groups is 1.